The summed E-state index contributed by atoms with van der Waals surface area (Å²) in [7, 11) is 0. The summed E-state index contributed by atoms with van der Waals surface area (Å²) >= 11 is 1.08. The molecule has 3 heterocycles. The minimum Gasteiger partial charge on any atom is -0.462 e. The summed E-state index contributed by atoms with van der Waals surface area (Å²) in [6.45, 7) is 5.22. The first-order chi connectivity index (χ1) is 15.5. The number of aromatic nitrogens is 3. The van der Waals surface area contributed by atoms with Gasteiger partial charge in [0, 0.05) is 13.1 Å². The number of hydrogen-bond acceptors (Lipinski definition) is 7. The standard InChI is InChI=1S/C22H25N5O4S/c1-3-31-21(30)20-14(2)23-22(32-20)25-18(28)13-27-16-9-5-4-8-15(16)24-17(27)12-19(29)26-10-6-7-11-26/h4-5,8-9H,3,6-7,10-13H2,1-2H3,(H,23,25,28). The zero-order chi connectivity index (χ0) is 22.7. The van der Waals surface area contributed by atoms with Crippen LogP contribution in [0.4, 0.5) is 5.13 Å². The number of nitrogens with one attached hydrogen (secondary N) is 1. The molecule has 2 aromatic heterocycles. The third kappa shape index (κ3) is 4.64. The lowest BCUT2D eigenvalue weighted by atomic mass is 10.3. The number of carbonyl (C=O) groups excluding carboxylic acids is 3. The summed E-state index contributed by atoms with van der Waals surface area (Å²) in [6, 6.07) is 7.50. The Kier molecular flexibility index (Phi) is 6.50. The predicted octanol–water partition coefficient (Wildman–Crippen LogP) is 2.78. The average molecular weight is 456 g/mol. The Morgan fingerprint density at radius 3 is 2.66 bits per heavy atom. The predicted molar refractivity (Wildman–Crippen MR) is 121 cm³/mol. The fourth-order valence-corrected chi connectivity index (χ4v) is 4.67. The van der Waals surface area contributed by atoms with Gasteiger partial charge in [-0.05, 0) is 38.8 Å². The lowest BCUT2D eigenvalue weighted by Gasteiger charge is -2.15. The molecule has 0 bridgehead atoms. The highest BCUT2D eigenvalue weighted by atomic mass is 32.1. The number of ether oxygens (including phenoxy) is 1. The number of rotatable bonds is 7. The maximum absolute atomic E-state index is 12.8. The summed E-state index contributed by atoms with van der Waals surface area (Å²) in [5, 5.41) is 3.08. The Morgan fingerprint density at radius 1 is 1.16 bits per heavy atom. The van der Waals surface area contributed by atoms with E-state index in [1.54, 1.807) is 18.4 Å². The molecule has 3 aromatic rings. The largest absolute Gasteiger partial charge is 0.462 e. The minimum atomic E-state index is -0.452. The number of anilines is 1. The van der Waals surface area contributed by atoms with Crippen molar-refractivity contribution in [2.24, 2.45) is 0 Å². The van der Waals surface area contributed by atoms with Crippen LogP contribution in [0.25, 0.3) is 11.0 Å². The first-order valence-corrected chi connectivity index (χ1v) is 11.4. The van der Waals surface area contributed by atoms with Gasteiger partial charge in [0.25, 0.3) is 0 Å². The number of esters is 1. The lowest BCUT2D eigenvalue weighted by molar-refractivity contribution is -0.129. The van der Waals surface area contributed by atoms with Crippen LogP contribution in [0, 0.1) is 6.92 Å². The number of nitrogens with zero attached hydrogens (tertiary/aromatic N) is 4. The Bertz CT molecular complexity index is 1160. The van der Waals surface area contributed by atoms with Crippen molar-refractivity contribution in [1.82, 2.24) is 19.4 Å². The highest BCUT2D eigenvalue weighted by molar-refractivity contribution is 7.17. The topological polar surface area (TPSA) is 106 Å². The van der Waals surface area contributed by atoms with E-state index in [4.69, 9.17) is 4.74 Å². The summed E-state index contributed by atoms with van der Waals surface area (Å²) < 4.78 is 6.80. The van der Waals surface area contributed by atoms with Crippen LogP contribution < -0.4 is 5.32 Å². The normalized spacial score (nSPS) is 13.5. The number of likely N-dealkylation sites (tertiary alicyclic amines) is 1. The van der Waals surface area contributed by atoms with Crippen LogP contribution in [0.15, 0.2) is 24.3 Å². The van der Waals surface area contributed by atoms with Crippen LogP contribution in [-0.2, 0) is 27.3 Å². The lowest BCUT2D eigenvalue weighted by Crippen LogP contribution is -2.30. The number of thiazole rings is 1. The molecule has 1 N–H and O–H groups in total. The monoisotopic (exact) mass is 455 g/mol. The quantitative estimate of drug-likeness (QED) is 0.549. The smallest absolute Gasteiger partial charge is 0.350 e. The highest BCUT2D eigenvalue weighted by Crippen LogP contribution is 2.24. The summed E-state index contributed by atoms with van der Waals surface area (Å²) in [4.78, 5) is 48.6. The van der Waals surface area contributed by atoms with Crippen molar-refractivity contribution in [2.75, 3.05) is 25.0 Å². The van der Waals surface area contributed by atoms with Gasteiger partial charge >= 0.3 is 5.97 Å². The van der Waals surface area contributed by atoms with Crippen molar-refractivity contribution in [3.63, 3.8) is 0 Å². The third-order valence-corrected chi connectivity index (χ3v) is 6.36. The van der Waals surface area contributed by atoms with E-state index >= 15 is 0 Å². The molecule has 32 heavy (non-hydrogen) atoms. The van der Waals surface area contributed by atoms with Crippen molar-refractivity contribution in [3.8, 4) is 0 Å². The second-order valence-corrected chi connectivity index (χ2v) is 8.57. The van der Waals surface area contributed by atoms with Gasteiger partial charge in [0.2, 0.25) is 11.8 Å². The molecule has 0 saturated carbocycles. The van der Waals surface area contributed by atoms with Crippen molar-refractivity contribution in [3.05, 3.63) is 40.7 Å². The van der Waals surface area contributed by atoms with E-state index < -0.39 is 5.97 Å². The second-order valence-electron chi connectivity index (χ2n) is 7.57. The van der Waals surface area contributed by atoms with Gasteiger partial charge in [0.15, 0.2) is 5.13 Å². The zero-order valence-electron chi connectivity index (χ0n) is 18.1. The summed E-state index contributed by atoms with van der Waals surface area (Å²) in [6.07, 6.45) is 2.18. The number of carbonyl (C=O) groups is 3. The SMILES string of the molecule is CCOC(=O)c1sc(NC(=O)Cn2c(CC(=O)N3CCCC3)nc3ccccc32)nc1C. The molecule has 1 aliphatic rings. The van der Waals surface area contributed by atoms with E-state index in [0.717, 1.165) is 48.3 Å². The van der Waals surface area contributed by atoms with Gasteiger partial charge in [-0.1, -0.05) is 23.5 Å². The van der Waals surface area contributed by atoms with Crippen LogP contribution >= 0.6 is 11.3 Å². The maximum Gasteiger partial charge on any atom is 0.350 e. The van der Waals surface area contributed by atoms with Gasteiger partial charge in [0.05, 0.1) is 29.8 Å². The number of para-hydroxylation sites is 2. The van der Waals surface area contributed by atoms with Gasteiger partial charge in [0.1, 0.15) is 17.2 Å². The summed E-state index contributed by atoms with van der Waals surface area (Å²) in [5.74, 6) is -0.187. The van der Waals surface area contributed by atoms with Crippen LogP contribution in [-0.4, -0.2) is 56.9 Å². The van der Waals surface area contributed by atoms with Gasteiger partial charge in [-0.25, -0.2) is 14.8 Å². The molecule has 1 fully saturated rings. The summed E-state index contributed by atoms with van der Waals surface area (Å²) in [5.41, 5.74) is 2.03. The number of amides is 2. The Balaban J connectivity index is 1.53. The van der Waals surface area contributed by atoms with E-state index in [1.165, 1.54) is 0 Å². The fourth-order valence-electron chi connectivity index (χ4n) is 3.79. The molecule has 0 radical (unpaired) electrons. The molecule has 1 aromatic carbocycles. The van der Waals surface area contributed by atoms with Gasteiger partial charge in [-0.15, -0.1) is 0 Å². The zero-order valence-corrected chi connectivity index (χ0v) is 18.9. The van der Waals surface area contributed by atoms with E-state index in [9.17, 15) is 14.4 Å². The third-order valence-electron chi connectivity index (χ3n) is 5.31. The first-order valence-electron chi connectivity index (χ1n) is 10.6. The van der Waals surface area contributed by atoms with E-state index in [2.05, 4.69) is 15.3 Å². The molecule has 0 atom stereocenters. The molecule has 0 aliphatic carbocycles. The molecule has 9 nitrogen and oxygen atoms in total. The van der Waals surface area contributed by atoms with Crippen molar-refractivity contribution >= 4 is 45.3 Å². The highest BCUT2D eigenvalue weighted by Gasteiger charge is 2.23. The van der Waals surface area contributed by atoms with Crippen LogP contribution in [0.2, 0.25) is 0 Å². The van der Waals surface area contributed by atoms with Crippen molar-refractivity contribution in [1.29, 1.82) is 0 Å². The van der Waals surface area contributed by atoms with Crippen molar-refractivity contribution in [2.45, 2.75) is 39.7 Å². The van der Waals surface area contributed by atoms with Gasteiger partial charge in [-0.3, -0.25) is 9.59 Å². The molecule has 168 valence electrons. The van der Waals surface area contributed by atoms with Crippen LogP contribution in [0.5, 0.6) is 0 Å². The molecule has 4 rings (SSSR count). The molecule has 0 unspecified atom stereocenters. The molecule has 10 heteroatoms. The molecule has 1 saturated heterocycles. The van der Waals surface area contributed by atoms with Gasteiger partial charge in [-0.2, -0.15) is 0 Å². The first kappa shape index (κ1) is 21.9. The Hall–Kier alpha value is -3.27. The minimum absolute atomic E-state index is 0.0174. The van der Waals surface area contributed by atoms with E-state index in [0.29, 0.717) is 21.5 Å². The second kappa shape index (κ2) is 9.47. The number of imidazole rings is 1. The van der Waals surface area contributed by atoms with E-state index in [-0.39, 0.29) is 31.4 Å². The molecular formula is C22H25N5O4S. The van der Waals surface area contributed by atoms with Crippen molar-refractivity contribution < 1.29 is 19.1 Å². The number of benzene rings is 1. The number of aryl methyl sites for hydroxylation is 1. The van der Waals surface area contributed by atoms with Crippen LogP contribution in [0.3, 0.4) is 0 Å². The molecular weight excluding hydrogens is 430 g/mol. The Labute approximate surface area is 189 Å². The average Bonchev–Trinajstić information content (AvgIpc) is 3.48. The Morgan fingerprint density at radius 2 is 1.91 bits per heavy atom. The van der Waals surface area contributed by atoms with Gasteiger partial charge < -0.3 is 19.5 Å². The molecule has 2 amide bonds. The van der Waals surface area contributed by atoms with Crippen LogP contribution in [0.1, 0.15) is 41.0 Å². The fraction of sp³-hybridized carbons (Fsp3) is 0.409. The number of fused-ring (bicyclic) bond motifs is 1. The van der Waals surface area contributed by atoms with E-state index in [1.807, 2.05) is 29.2 Å². The molecule has 1 aliphatic heterocycles. The number of hydrogen-bond donors (Lipinski definition) is 1. The molecule has 0 spiro atoms. The maximum atomic E-state index is 12.8.